The normalized spacial score (nSPS) is 24.6. The van der Waals surface area contributed by atoms with Gasteiger partial charge in [0.05, 0.1) is 0 Å². The number of rotatable bonds is 1. The maximum Gasteiger partial charge on any atom is 0.261 e. The summed E-state index contributed by atoms with van der Waals surface area (Å²) in [6, 6.07) is 5.66. The van der Waals surface area contributed by atoms with E-state index in [1.165, 1.54) is 7.11 Å². The largest absolute Gasteiger partial charge is 0.364 e. The predicted octanol–water partition coefficient (Wildman–Crippen LogP) is 2.26. The Kier molecular flexibility index (Phi) is 2.12. The molecule has 0 fully saturated rings. The van der Waals surface area contributed by atoms with Gasteiger partial charge in [0.1, 0.15) is 0 Å². The highest BCUT2D eigenvalue weighted by atomic mass is 79.9. The summed E-state index contributed by atoms with van der Waals surface area (Å²) in [7, 11) is 1.54. The van der Waals surface area contributed by atoms with Crippen LogP contribution < -0.4 is 5.32 Å². The molecule has 1 unspecified atom stereocenters. The van der Waals surface area contributed by atoms with E-state index in [1.54, 1.807) is 6.92 Å². The summed E-state index contributed by atoms with van der Waals surface area (Å²) in [5.74, 6) is -0.117. The minimum absolute atomic E-state index is 0.117. The molecule has 74 valence electrons. The third kappa shape index (κ3) is 1.18. The average Bonchev–Trinajstić information content (AvgIpc) is 2.39. The van der Waals surface area contributed by atoms with Crippen LogP contribution in [0.15, 0.2) is 22.7 Å². The lowest BCUT2D eigenvalue weighted by Gasteiger charge is -2.19. The van der Waals surface area contributed by atoms with Gasteiger partial charge in [0, 0.05) is 22.8 Å². The van der Waals surface area contributed by atoms with Crippen LogP contribution in [-0.2, 0) is 15.1 Å². The van der Waals surface area contributed by atoms with E-state index in [-0.39, 0.29) is 5.91 Å². The summed E-state index contributed by atoms with van der Waals surface area (Å²) in [5.41, 5.74) is 0.845. The number of benzene rings is 1. The molecule has 0 aromatic heterocycles. The molecule has 1 aromatic rings. The van der Waals surface area contributed by atoms with Gasteiger partial charge in [0.25, 0.3) is 5.91 Å². The van der Waals surface area contributed by atoms with E-state index in [2.05, 4.69) is 21.2 Å². The number of amides is 1. The monoisotopic (exact) mass is 255 g/mol. The summed E-state index contributed by atoms with van der Waals surface area (Å²) in [6.07, 6.45) is 0. The molecule has 0 saturated heterocycles. The van der Waals surface area contributed by atoms with Gasteiger partial charge in [-0.15, -0.1) is 0 Å². The number of fused-ring (bicyclic) bond motifs is 1. The topological polar surface area (TPSA) is 38.3 Å². The fraction of sp³-hybridized carbons (Fsp3) is 0.300. The summed E-state index contributed by atoms with van der Waals surface area (Å²) < 4.78 is 6.19. The molecule has 0 saturated carbocycles. The van der Waals surface area contributed by atoms with E-state index in [0.29, 0.717) is 0 Å². The maximum atomic E-state index is 11.6. The molecule has 14 heavy (non-hydrogen) atoms. The zero-order valence-electron chi connectivity index (χ0n) is 7.93. The second-order valence-corrected chi connectivity index (χ2v) is 4.30. The minimum atomic E-state index is -0.851. The first-order chi connectivity index (χ1) is 6.58. The van der Waals surface area contributed by atoms with Crippen molar-refractivity contribution in [3.63, 3.8) is 0 Å². The van der Waals surface area contributed by atoms with E-state index >= 15 is 0 Å². The van der Waals surface area contributed by atoms with E-state index < -0.39 is 5.60 Å². The zero-order chi connectivity index (χ0) is 10.3. The molecule has 1 aliphatic rings. The summed E-state index contributed by atoms with van der Waals surface area (Å²) >= 11 is 3.35. The Morgan fingerprint density at radius 1 is 1.50 bits per heavy atom. The fourth-order valence-electron chi connectivity index (χ4n) is 1.60. The van der Waals surface area contributed by atoms with Crippen LogP contribution in [0.1, 0.15) is 12.5 Å². The number of halogens is 1. The molecule has 0 radical (unpaired) electrons. The van der Waals surface area contributed by atoms with Crippen molar-refractivity contribution in [2.45, 2.75) is 12.5 Å². The lowest BCUT2D eigenvalue weighted by Crippen LogP contribution is -2.32. The highest BCUT2D eigenvalue weighted by Gasteiger charge is 2.42. The molecular weight excluding hydrogens is 246 g/mol. The van der Waals surface area contributed by atoms with Crippen molar-refractivity contribution in [1.29, 1.82) is 0 Å². The molecule has 0 aliphatic carbocycles. The second-order valence-electron chi connectivity index (χ2n) is 3.38. The Bertz CT molecular complexity index is 405. The molecule has 1 amide bonds. The van der Waals surface area contributed by atoms with Crippen molar-refractivity contribution in [2.75, 3.05) is 12.4 Å². The van der Waals surface area contributed by atoms with Gasteiger partial charge in [-0.2, -0.15) is 0 Å². The van der Waals surface area contributed by atoms with Crippen molar-refractivity contribution in [3.8, 4) is 0 Å². The molecule has 3 nitrogen and oxygen atoms in total. The average molecular weight is 256 g/mol. The molecule has 4 heteroatoms. The molecule has 0 bridgehead atoms. The zero-order valence-corrected chi connectivity index (χ0v) is 9.51. The van der Waals surface area contributed by atoms with Crippen molar-refractivity contribution in [1.82, 2.24) is 0 Å². The highest BCUT2D eigenvalue weighted by molar-refractivity contribution is 9.10. The first-order valence-corrected chi connectivity index (χ1v) is 5.04. The van der Waals surface area contributed by atoms with Crippen LogP contribution in [0.25, 0.3) is 0 Å². The van der Waals surface area contributed by atoms with Gasteiger partial charge in [0.2, 0.25) is 0 Å². The van der Waals surface area contributed by atoms with Gasteiger partial charge >= 0.3 is 0 Å². The number of hydrogen-bond donors (Lipinski definition) is 1. The van der Waals surface area contributed by atoms with Gasteiger partial charge in [-0.3, -0.25) is 4.79 Å². The molecule has 0 spiro atoms. The Balaban J connectivity index is 2.59. The number of hydrogen-bond acceptors (Lipinski definition) is 2. The number of methoxy groups -OCH3 is 1. The van der Waals surface area contributed by atoms with Gasteiger partial charge in [0.15, 0.2) is 5.60 Å². The molecule has 1 heterocycles. The van der Waals surface area contributed by atoms with Crippen LogP contribution in [0.3, 0.4) is 0 Å². The Morgan fingerprint density at radius 3 is 2.86 bits per heavy atom. The lowest BCUT2D eigenvalue weighted by molar-refractivity contribution is -0.135. The van der Waals surface area contributed by atoms with E-state index in [1.807, 2.05) is 18.2 Å². The molecular formula is C10H10BrNO2. The highest BCUT2D eigenvalue weighted by Crippen LogP contribution is 2.39. The second kappa shape index (κ2) is 3.07. The van der Waals surface area contributed by atoms with Crippen LogP contribution in [0, 0.1) is 0 Å². The predicted molar refractivity (Wildman–Crippen MR) is 57.1 cm³/mol. The molecule has 1 aliphatic heterocycles. The van der Waals surface area contributed by atoms with E-state index in [0.717, 1.165) is 15.7 Å². The lowest BCUT2D eigenvalue weighted by atomic mass is 9.98. The van der Waals surface area contributed by atoms with Crippen LogP contribution in [-0.4, -0.2) is 13.0 Å². The van der Waals surface area contributed by atoms with Crippen molar-refractivity contribution in [2.24, 2.45) is 0 Å². The Labute approximate surface area is 90.6 Å². The summed E-state index contributed by atoms with van der Waals surface area (Å²) in [5, 5.41) is 2.79. The Morgan fingerprint density at radius 2 is 2.21 bits per heavy atom. The third-order valence-electron chi connectivity index (χ3n) is 2.59. The summed E-state index contributed by atoms with van der Waals surface area (Å²) in [6.45, 7) is 1.77. The molecule has 1 atom stereocenters. The van der Waals surface area contributed by atoms with Crippen molar-refractivity contribution in [3.05, 3.63) is 28.2 Å². The molecule has 1 N–H and O–H groups in total. The van der Waals surface area contributed by atoms with E-state index in [9.17, 15) is 4.79 Å². The smallest absolute Gasteiger partial charge is 0.261 e. The fourth-order valence-corrected chi connectivity index (χ4v) is 1.96. The number of ether oxygens (including phenoxy) is 1. The number of carbonyl (C=O) groups excluding carboxylic acids is 1. The number of carbonyl (C=O) groups is 1. The van der Waals surface area contributed by atoms with Crippen LogP contribution >= 0.6 is 15.9 Å². The van der Waals surface area contributed by atoms with Gasteiger partial charge in [-0.05, 0) is 19.1 Å². The third-order valence-corrected chi connectivity index (χ3v) is 3.08. The first kappa shape index (κ1) is 9.68. The quantitative estimate of drug-likeness (QED) is 0.836. The number of nitrogens with one attached hydrogen (secondary N) is 1. The van der Waals surface area contributed by atoms with Gasteiger partial charge in [-0.1, -0.05) is 22.0 Å². The first-order valence-electron chi connectivity index (χ1n) is 4.24. The number of anilines is 1. The van der Waals surface area contributed by atoms with E-state index in [4.69, 9.17) is 4.74 Å². The maximum absolute atomic E-state index is 11.6. The summed E-state index contributed by atoms with van der Waals surface area (Å²) in [4.78, 5) is 11.6. The standard InChI is InChI=1S/C10H10BrNO2/c1-10(14-2)7-4-3-6(11)5-8(7)12-9(10)13/h3-5H,1-2H3,(H,12,13). The van der Waals surface area contributed by atoms with Gasteiger partial charge in [-0.25, -0.2) is 0 Å². The minimum Gasteiger partial charge on any atom is -0.364 e. The van der Waals surface area contributed by atoms with Crippen molar-refractivity contribution >= 4 is 27.5 Å². The molecule has 1 aromatic carbocycles. The molecule has 2 rings (SSSR count). The van der Waals surface area contributed by atoms with Crippen LogP contribution in [0.2, 0.25) is 0 Å². The van der Waals surface area contributed by atoms with Crippen LogP contribution in [0.4, 0.5) is 5.69 Å². The van der Waals surface area contributed by atoms with Crippen LogP contribution in [0.5, 0.6) is 0 Å². The van der Waals surface area contributed by atoms with Crippen molar-refractivity contribution < 1.29 is 9.53 Å². The van der Waals surface area contributed by atoms with Gasteiger partial charge < -0.3 is 10.1 Å². The Hall–Kier alpha value is -0.870. The SMILES string of the molecule is COC1(C)C(=O)Nc2cc(Br)ccc21.